The van der Waals surface area contributed by atoms with Gasteiger partial charge in [0, 0.05) is 11.6 Å². The summed E-state index contributed by atoms with van der Waals surface area (Å²) >= 11 is 1.38. The van der Waals surface area contributed by atoms with Crippen molar-refractivity contribution in [3.8, 4) is 11.6 Å². The van der Waals surface area contributed by atoms with Gasteiger partial charge in [-0.05, 0) is 36.8 Å². The molecule has 0 saturated carbocycles. The van der Waals surface area contributed by atoms with E-state index in [1.807, 2.05) is 37.3 Å². The molecule has 5 rings (SSSR count). The maximum absolute atomic E-state index is 11.9. The first-order valence-electron chi connectivity index (χ1n) is 9.24. The summed E-state index contributed by atoms with van der Waals surface area (Å²) in [4.78, 5) is 28.1. The molecule has 0 aliphatic rings. The smallest absolute Gasteiger partial charge is 0.373 e. The molecule has 0 unspecified atom stereocenters. The summed E-state index contributed by atoms with van der Waals surface area (Å²) in [7, 11) is 0. The fraction of sp³-hybridized carbons (Fsp3) is 0.0476. The van der Waals surface area contributed by atoms with Crippen LogP contribution < -0.4 is 10.1 Å². The van der Waals surface area contributed by atoms with Gasteiger partial charge in [-0.2, -0.15) is 4.98 Å². The molecule has 0 aliphatic heterocycles. The molecule has 3 aromatic heterocycles. The van der Waals surface area contributed by atoms with Crippen molar-refractivity contribution in [1.82, 2.24) is 19.9 Å². The summed E-state index contributed by atoms with van der Waals surface area (Å²) in [5.74, 6) is 0.179. The Labute approximate surface area is 179 Å². The Hall–Kier alpha value is -4.18. The number of benzene rings is 2. The van der Waals surface area contributed by atoms with Gasteiger partial charge in [-0.3, -0.25) is 15.1 Å². The van der Waals surface area contributed by atoms with Crippen LogP contribution in [0.15, 0.2) is 61.1 Å². The number of anilines is 2. The van der Waals surface area contributed by atoms with Crippen molar-refractivity contribution >= 4 is 49.1 Å². The van der Waals surface area contributed by atoms with Gasteiger partial charge >= 0.3 is 11.6 Å². The molecule has 31 heavy (non-hydrogen) atoms. The number of nitro groups is 1. The Morgan fingerprint density at radius 1 is 1.10 bits per heavy atom. The Morgan fingerprint density at radius 3 is 2.84 bits per heavy atom. The first-order valence-corrected chi connectivity index (χ1v) is 10.1. The lowest BCUT2D eigenvalue weighted by Crippen LogP contribution is -2.03. The zero-order valence-corrected chi connectivity index (χ0v) is 17.0. The van der Waals surface area contributed by atoms with E-state index in [1.54, 1.807) is 24.4 Å². The summed E-state index contributed by atoms with van der Waals surface area (Å²) in [6.07, 6.45) is 2.84. The monoisotopic (exact) mass is 430 g/mol. The van der Waals surface area contributed by atoms with Crippen molar-refractivity contribution in [2.45, 2.75) is 6.92 Å². The third-order valence-electron chi connectivity index (χ3n) is 4.54. The Bertz CT molecular complexity index is 1450. The minimum absolute atomic E-state index is 0.000950. The van der Waals surface area contributed by atoms with Crippen LogP contribution in [0.1, 0.15) is 5.56 Å². The van der Waals surface area contributed by atoms with Gasteiger partial charge in [-0.1, -0.05) is 35.6 Å². The minimum Gasteiger partial charge on any atom is -0.431 e. The summed E-state index contributed by atoms with van der Waals surface area (Å²) in [5, 5.41) is 16.2. The molecule has 152 valence electrons. The van der Waals surface area contributed by atoms with Gasteiger partial charge in [-0.25, -0.2) is 9.97 Å². The number of rotatable bonds is 5. The molecule has 0 amide bonds. The first-order chi connectivity index (χ1) is 15.1. The quantitative estimate of drug-likeness (QED) is 0.291. The number of thiazole rings is 1. The second-order valence-corrected chi connectivity index (χ2v) is 7.71. The molecule has 10 heteroatoms. The van der Waals surface area contributed by atoms with Crippen molar-refractivity contribution in [3.05, 3.63) is 76.7 Å². The van der Waals surface area contributed by atoms with Crippen molar-refractivity contribution in [2.24, 2.45) is 0 Å². The number of nitrogens with one attached hydrogen (secondary N) is 1. The van der Waals surface area contributed by atoms with Crippen LogP contribution in [0, 0.1) is 17.0 Å². The highest BCUT2D eigenvalue weighted by atomic mass is 32.1. The number of aryl methyl sites for hydroxylation is 1. The van der Waals surface area contributed by atoms with Crippen LogP contribution in [0.25, 0.3) is 21.1 Å². The SMILES string of the molecule is Cc1ccc2nc(Nc3ncnc(Oc4cccc5cccnc45)c3[N+](=O)[O-])sc2c1. The first kappa shape index (κ1) is 18.8. The van der Waals surface area contributed by atoms with E-state index in [0.29, 0.717) is 16.4 Å². The van der Waals surface area contributed by atoms with Gasteiger partial charge in [-0.15, -0.1) is 0 Å². The summed E-state index contributed by atoms with van der Waals surface area (Å²) in [5.41, 5.74) is 2.10. The zero-order valence-electron chi connectivity index (χ0n) is 16.1. The van der Waals surface area contributed by atoms with Crippen LogP contribution >= 0.6 is 11.3 Å². The van der Waals surface area contributed by atoms with Gasteiger partial charge in [0.05, 0.1) is 15.1 Å². The van der Waals surface area contributed by atoms with E-state index in [1.165, 1.54) is 17.7 Å². The second kappa shape index (κ2) is 7.58. The molecule has 5 aromatic rings. The van der Waals surface area contributed by atoms with E-state index < -0.39 is 4.92 Å². The standard InChI is InChI=1S/C21H14N6O3S/c1-12-7-8-14-16(10-12)31-21(25-14)26-19-18(27(28)29)20(24-11-23-19)30-15-6-2-4-13-5-3-9-22-17(13)15/h2-11H,1H3,(H,23,24,25,26). The largest absolute Gasteiger partial charge is 0.431 e. The van der Waals surface area contributed by atoms with Crippen molar-refractivity contribution in [2.75, 3.05) is 5.32 Å². The van der Waals surface area contributed by atoms with Crippen LogP contribution in [0.5, 0.6) is 11.6 Å². The van der Waals surface area contributed by atoms with E-state index in [9.17, 15) is 10.1 Å². The highest BCUT2D eigenvalue weighted by Gasteiger charge is 2.26. The highest BCUT2D eigenvalue weighted by molar-refractivity contribution is 7.22. The topological polar surface area (TPSA) is 116 Å². The van der Waals surface area contributed by atoms with E-state index in [0.717, 1.165) is 21.2 Å². The fourth-order valence-electron chi connectivity index (χ4n) is 3.14. The van der Waals surface area contributed by atoms with E-state index >= 15 is 0 Å². The number of ether oxygens (including phenoxy) is 1. The lowest BCUT2D eigenvalue weighted by molar-refractivity contribution is -0.385. The molecule has 0 spiro atoms. The van der Waals surface area contributed by atoms with Crippen molar-refractivity contribution in [3.63, 3.8) is 0 Å². The number of aromatic nitrogens is 4. The average Bonchev–Trinajstić information content (AvgIpc) is 3.15. The molecule has 0 bridgehead atoms. The van der Waals surface area contributed by atoms with Crippen molar-refractivity contribution < 1.29 is 9.66 Å². The van der Waals surface area contributed by atoms with E-state index in [-0.39, 0.29) is 17.4 Å². The molecule has 0 atom stereocenters. The minimum atomic E-state index is -0.576. The summed E-state index contributed by atoms with van der Waals surface area (Å²) in [6, 6.07) is 14.9. The summed E-state index contributed by atoms with van der Waals surface area (Å²) < 4.78 is 6.79. The Kier molecular flexibility index (Phi) is 4.60. The number of hydrogen-bond donors (Lipinski definition) is 1. The molecular formula is C21H14N6O3S. The fourth-order valence-corrected chi connectivity index (χ4v) is 4.11. The number of pyridine rings is 1. The summed E-state index contributed by atoms with van der Waals surface area (Å²) in [6.45, 7) is 1.99. The lowest BCUT2D eigenvalue weighted by Gasteiger charge is -2.09. The van der Waals surface area contributed by atoms with Crippen LogP contribution in [-0.2, 0) is 0 Å². The van der Waals surface area contributed by atoms with Crippen LogP contribution in [0.2, 0.25) is 0 Å². The normalized spacial score (nSPS) is 11.0. The van der Waals surface area contributed by atoms with Crippen LogP contribution in [0.3, 0.4) is 0 Å². The van der Waals surface area contributed by atoms with Gasteiger partial charge in [0.25, 0.3) is 0 Å². The molecule has 0 radical (unpaired) electrons. The number of para-hydroxylation sites is 1. The molecule has 3 heterocycles. The van der Waals surface area contributed by atoms with Crippen LogP contribution in [-0.4, -0.2) is 24.9 Å². The second-order valence-electron chi connectivity index (χ2n) is 6.68. The predicted octanol–water partition coefficient (Wildman–Crippen LogP) is 5.39. The zero-order chi connectivity index (χ0) is 21.4. The number of nitrogens with zero attached hydrogens (tertiary/aromatic N) is 5. The number of fused-ring (bicyclic) bond motifs is 2. The van der Waals surface area contributed by atoms with Gasteiger partial charge < -0.3 is 10.1 Å². The van der Waals surface area contributed by atoms with Gasteiger partial charge in [0.1, 0.15) is 11.8 Å². The molecule has 0 fully saturated rings. The van der Waals surface area contributed by atoms with Crippen LogP contribution in [0.4, 0.5) is 16.6 Å². The molecule has 0 aliphatic carbocycles. The maximum atomic E-state index is 11.9. The third kappa shape index (κ3) is 3.60. The molecular weight excluding hydrogens is 416 g/mol. The number of hydrogen-bond acceptors (Lipinski definition) is 9. The van der Waals surface area contributed by atoms with Gasteiger partial charge in [0.2, 0.25) is 5.82 Å². The molecule has 1 N–H and O–H groups in total. The lowest BCUT2D eigenvalue weighted by atomic mass is 10.2. The Morgan fingerprint density at radius 2 is 1.97 bits per heavy atom. The molecule has 9 nitrogen and oxygen atoms in total. The molecule has 2 aromatic carbocycles. The van der Waals surface area contributed by atoms with Crippen molar-refractivity contribution in [1.29, 1.82) is 0 Å². The highest BCUT2D eigenvalue weighted by Crippen LogP contribution is 2.38. The molecule has 0 saturated heterocycles. The maximum Gasteiger partial charge on any atom is 0.373 e. The van der Waals surface area contributed by atoms with E-state index in [2.05, 4.69) is 25.3 Å². The van der Waals surface area contributed by atoms with Gasteiger partial charge in [0.15, 0.2) is 10.9 Å². The average molecular weight is 430 g/mol. The predicted molar refractivity (Wildman–Crippen MR) is 118 cm³/mol. The third-order valence-corrected chi connectivity index (χ3v) is 5.48. The van der Waals surface area contributed by atoms with E-state index in [4.69, 9.17) is 4.74 Å². The Balaban J connectivity index is 1.54.